The second kappa shape index (κ2) is 10.2. The molecule has 4 fully saturated rings. The first-order valence-corrected chi connectivity index (χ1v) is 13.5. The van der Waals surface area contributed by atoms with Crippen molar-refractivity contribution in [1.82, 2.24) is 24.8 Å². The van der Waals surface area contributed by atoms with E-state index in [0.717, 1.165) is 38.6 Å². The van der Waals surface area contributed by atoms with E-state index in [1.807, 2.05) is 4.57 Å². The van der Waals surface area contributed by atoms with Gasteiger partial charge in [-0.2, -0.15) is 0 Å². The second-order valence-electron chi connectivity index (χ2n) is 10.5. The van der Waals surface area contributed by atoms with Crippen molar-refractivity contribution in [2.45, 2.75) is 94.5 Å². The third-order valence-corrected chi connectivity index (χ3v) is 8.09. The second-order valence-corrected chi connectivity index (χ2v) is 10.5. The number of imidazole rings is 1. The number of carbonyl (C=O) groups excluding carboxylic acids is 1. The lowest BCUT2D eigenvalue weighted by Crippen LogP contribution is -2.44. The summed E-state index contributed by atoms with van der Waals surface area (Å²) in [6, 6.07) is 0. The van der Waals surface area contributed by atoms with Gasteiger partial charge < -0.3 is 30.0 Å². The normalized spacial score (nSPS) is 30.0. The minimum Gasteiger partial charge on any atom is -0.395 e. The Morgan fingerprint density at radius 1 is 1.06 bits per heavy atom. The molecule has 4 aliphatic rings. The van der Waals surface area contributed by atoms with E-state index < -0.39 is 30.3 Å². The number of fused-ring (bicyclic) bond motifs is 2. The number of ether oxygens (including phenoxy) is 3. The van der Waals surface area contributed by atoms with E-state index in [9.17, 15) is 9.90 Å². The maximum Gasteiger partial charge on any atom is 0.252 e. The van der Waals surface area contributed by atoms with Crippen LogP contribution in [-0.2, 0) is 19.0 Å². The highest BCUT2D eigenvalue weighted by atomic mass is 16.8. The molecule has 6 rings (SSSR count). The van der Waals surface area contributed by atoms with Crippen molar-refractivity contribution in [1.29, 1.82) is 0 Å². The van der Waals surface area contributed by atoms with Crippen LogP contribution in [-0.4, -0.2) is 74.3 Å². The number of aliphatic hydroxyl groups excluding tert-OH is 1. The van der Waals surface area contributed by atoms with Gasteiger partial charge in [0.1, 0.15) is 18.5 Å². The summed E-state index contributed by atoms with van der Waals surface area (Å²) < 4.78 is 21.1. The molecule has 11 nitrogen and oxygen atoms in total. The van der Waals surface area contributed by atoms with Gasteiger partial charge in [0.25, 0.3) is 5.91 Å². The molecule has 2 aliphatic heterocycles. The molecule has 0 unspecified atom stereocenters. The fourth-order valence-corrected chi connectivity index (χ4v) is 6.26. The number of carbonyl (C=O) groups is 1. The smallest absolute Gasteiger partial charge is 0.252 e. The van der Waals surface area contributed by atoms with Gasteiger partial charge in [0.15, 0.2) is 35.1 Å². The molecular formula is C25H36N6O5. The van der Waals surface area contributed by atoms with Crippen LogP contribution in [0, 0.1) is 5.92 Å². The summed E-state index contributed by atoms with van der Waals surface area (Å²) in [5.41, 5.74) is 1.30. The van der Waals surface area contributed by atoms with Gasteiger partial charge in [-0.25, -0.2) is 15.0 Å². The Bertz CT molecular complexity index is 1070. The maximum absolute atomic E-state index is 12.9. The summed E-state index contributed by atoms with van der Waals surface area (Å²) in [5.74, 6) is 0.373. The van der Waals surface area contributed by atoms with Crippen molar-refractivity contribution in [3.05, 3.63) is 12.7 Å². The van der Waals surface area contributed by atoms with Crippen molar-refractivity contribution >= 4 is 22.9 Å². The van der Waals surface area contributed by atoms with E-state index in [-0.39, 0.29) is 19.1 Å². The number of nitrogens with zero attached hydrogens (tertiary/aromatic N) is 4. The van der Waals surface area contributed by atoms with Gasteiger partial charge >= 0.3 is 0 Å². The molecule has 1 spiro atoms. The number of rotatable bonds is 7. The minimum atomic E-state index is -0.851. The highest BCUT2D eigenvalue weighted by Crippen LogP contribution is 2.49. The number of aromatic nitrogens is 4. The Hall–Kier alpha value is -2.34. The molecule has 3 N–H and O–H groups in total. The van der Waals surface area contributed by atoms with Crippen LogP contribution < -0.4 is 10.6 Å². The number of aliphatic hydroxyl groups is 1. The molecule has 2 aliphatic carbocycles. The molecule has 2 aromatic heterocycles. The van der Waals surface area contributed by atoms with Crippen LogP contribution in [0.15, 0.2) is 12.7 Å². The Labute approximate surface area is 210 Å². The highest BCUT2D eigenvalue weighted by Gasteiger charge is 2.60. The molecule has 36 heavy (non-hydrogen) atoms. The van der Waals surface area contributed by atoms with E-state index in [0.29, 0.717) is 22.9 Å². The Kier molecular flexibility index (Phi) is 6.80. The van der Waals surface area contributed by atoms with Crippen molar-refractivity contribution < 1.29 is 24.1 Å². The summed E-state index contributed by atoms with van der Waals surface area (Å²) >= 11 is 0. The molecule has 1 amide bonds. The summed E-state index contributed by atoms with van der Waals surface area (Å²) in [6.45, 7) is 0.886. The van der Waals surface area contributed by atoms with Gasteiger partial charge in [-0.3, -0.25) is 9.36 Å². The molecule has 4 atom stereocenters. The first kappa shape index (κ1) is 24.0. The lowest BCUT2D eigenvalue weighted by Gasteiger charge is -2.34. The average molecular weight is 501 g/mol. The van der Waals surface area contributed by atoms with Crippen LogP contribution >= 0.6 is 0 Å². The van der Waals surface area contributed by atoms with Crippen LogP contribution in [0.4, 0.5) is 5.82 Å². The minimum absolute atomic E-state index is 0.142. The van der Waals surface area contributed by atoms with E-state index >= 15 is 0 Å². The molecule has 0 bridgehead atoms. The fraction of sp³-hybridized carbons (Fsp3) is 0.760. The van der Waals surface area contributed by atoms with Gasteiger partial charge in [-0.1, -0.05) is 25.7 Å². The van der Waals surface area contributed by atoms with E-state index in [1.165, 1.54) is 38.4 Å². The average Bonchev–Trinajstić information content (AvgIpc) is 3.59. The van der Waals surface area contributed by atoms with Gasteiger partial charge in [0.05, 0.1) is 12.9 Å². The standard InChI is InChI=1S/C25H36N6O5/c32-12-11-26-23(33)19-18-20(36-25(35-18)9-5-2-6-10-25)24(34-19)31-15-30-17-21(28-14-29-22(17)31)27-13-16-7-3-1-4-8-16/h14-16,18-20,24,32H,1-13H2,(H,26,33)(H,27,28,29)/t18-,19+,20-,24-/m1/s1. The van der Waals surface area contributed by atoms with Crippen LogP contribution in [0.3, 0.4) is 0 Å². The largest absolute Gasteiger partial charge is 0.395 e. The predicted octanol–water partition coefficient (Wildman–Crippen LogP) is 2.27. The van der Waals surface area contributed by atoms with Gasteiger partial charge in [-0.15, -0.1) is 0 Å². The fourth-order valence-electron chi connectivity index (χ4n) is 6.26. The molecule has 0 aromatic carbocycles. The lowest BCUT2D eigenvalue weighted by molar-refractivity contribution is -0.229. The molecular weight excluding hydrogens is 464 g/mol. The van der Waals surface area contributed by atoms with Crippen LogP contribution in [0.25, 0.3) is 11.2 Å². The topological polar surface area (TPSA) is 133 Å². The quantitative estimate of drug-likeness (QED) is 0.524. The predicted molar refractivity (Wildman–Crippen MR) is 130 cm³/mol. The molecule has 2 saturated carbocycles. The number of hydrogen-bond acceptors (Lipinski definition) is 9. The van der Waals surface area contributed by atoms with Crippen molar-refractivity contribution in [3.8, 4) is 0 Å². The Morgan fingerprint density at radius 2 is 1.83 bits per heavy atom. The summed E-state index contributed by atoms with van der Waals surface area (Å²) in [6.07, 6.45) is 12.0. The zero-order valence-electron chi connectivity index (χ0n) is 20.6. The zero-order valence-corrected chi connectivity index (χ0v) is 20.6. The molecule has 4 heterocycles. The van der Waals surface area contributed by atoms with E-state index in [4.69, 9.17) is 14.2 Å². The number of amides is 1. The summed E-state index contributed by atoms with van der Waals surface area (Å²) in [5, 5.41) is 15.4. The van der Waals surface area contributed by atoms with Crippen molar-refractivity contribution in [2.24, 2.45) is 5.92 Å². The molecule has 2 aromatic rings. The van der Waals surface area contributed by atoms with Gasteiger partial charge in [0.2, 0.25) is 0 Å². The molecule has 2 saturated heterocycles. The van der Waals surface area contributed by atoms with Gasteiger partial charge in [0, 0.05) is 25.9 Å². The number of nitrogens with one attached hydrogen (secondary N) is 2. The Morgan fingerprint density at radius 3 is 2.64 bits per heavy atom. The van der Waals surface area contributed by atoms with Crippen LogP contribution in [0.5, 0.6) is 0 Å². The van der Waals surface area contributed by atoms with E-state index in [1.54, 1.807) is 6.33 Å². The summed E-state index contributed by atoms with van der Waals surface area (Å²) in [7, 11) is 0. The highest BCUT2D eigenvalue weighted by molar-refractivity contribution is 5.83. The number of hydrogen-bond donors (Lipinski definition) is 3. The third kappa shape index (κ3) is 4.46. The first-order chi connectivity index (χ1) is 17.7. The first-order valence-electron chi connectivity index (χ1n) is 13.5. The number of anilines is 1. The molecule has 196 valence electrons. The summed E-state index contributed by atoms with van der Waals surface area (Å²) in [4.78, 5) is 26.6. The van der Waals surface area contributed by atoms with Crippen molar-refractivity contribution in [2.75, 3.05) is 25.0 Å². The Balaban J connectivity index is 1.26. The zero-order chi connectivity index (χ0) is 24.5. The van der Waals surface area contributed by atoms with Crippen molar-refractivity contribution in [3.63, 3.8) is 0 Å². The van der Waals surface area contributed by atoms with Crippen LogP contribution in [0.1, 0.15) is 70.4 Å². The van der Waals surface area contributed by atoms with E-state index in [2.05, 4.69) is 25.6 Å². The van der Waals surface area contributed by atoms with Crippen LogP contribution in [0.2, 0.25) is 0 Å². The van der Waals surface area contributed by atoms with Gasteiger partial charge in [-0.05, 0) is 31.6 Å². The SMILES string of the molecule is O=C(NCCO)[C@H]1O[C@@H](n2cnc3c(NCC4CCCCC4)ncnc32)[C@@H]2OC3(CCCCC3)O[C@@H]21. The monoisotopic (exact) mass is 500 g/mol. The molecule has 11 heteroatoms. The maximum atomic E-state index is 12.9. The molecule has 0 radical (unpaired) electrons. The third-order valence-electron chi connectivity index (χ3n) is 8.09. The lowest BCUT2D eigenvalue weighted by atomic mass is 9.89.